The zero-order chi connectivity index (χ0) is 11.0. The third-order valence-corrected chi connectivity index (χ3v) is 2.01. The molecule has 0 atom stereocenters. The van der Waals surface area contributed by atoms with Gasteiger partial charge in [-0.05, 0) is 26.7 Å². The molecule has 14 heavy (non-hydrogen) atoms. The smallest absolute Gasteiger partial charge is 0.330 e. The van der Waals surface area contributed by atoms with Gasteiger partial charge in [-0.15, -0.1) is 0 Å². The Labute approximate surface area is 85.6 Å². The lowest BCUT2D eigenvalue weighted by Gasteiger charge is -1.93. The van der Waals surface area contributed by atoms with Crippen molar-refractivity contribution in [2.75, 3.05) is 0 Å². The van der Waals surface area contributed by atoms with Gasteiger partial charge in [0.1, 0.15) is 0 Å². The minimum Gasteiger partial charge on any atom is -0.478 e. The van der Waals surface area contributed by atoms with E-state index >= 15 is 0 Å². The number of carbonyl (C=O) groups is 1. The van der Waals surface area contributed by atoms with Crippen molar-refractivity contribution >= 4 is 5.97 Å². The summed E-state index contributed by atoms with van der Waals surface area (Å²) in [5.41, 5.74) is 1.67. The average molecular weight is 194 g/mol. The molecule has 0 aliphatic heterocycles. The van der Waals surface area contributed by atoms with Crippen molar-refractivity contribution in [3.8, 4) is 0 Å². The Hall–Kier alpha value is -1.31. The van der Waals surface area contributed by atoms with Crippen molar-refractivity contribution in [1.82, 2.24) is 0 Å². The van der Waals surface area contributed by atoms with E-state index in [0.717, 1.165) is 6.42 Å². The monoisotopic (exact) mass is 194 g/mol. The second-order valence-corrected chi connectivity index (χ2v) is 3.05. The molecule has 0 radical (unpaired) electrons. The lowest BCUT2D eigenvalue weighted by atomic mass is 10.1. The molecule has 0 aromatic rings. The van der Waals surface area contributed by atoms with E-state index in [9.17, 15) is 4.79 Å². The molecule has 0 spiro atoms. The quantitative estimate of drug-likeness (QED) is 0.538. The van der Waals surface area contributed by atoms with Crippen molar-refractivity contribution in [3.05, 3.63) is 35.5 Å². The fourth-order valence-electron chi connectivity index (χ4n) is 0.970. The molecule has 1 N–H and O–H groups in total. The topological polar surface area (TPSA) is 37.3 Å². The molecule has 2 heteroatoms. The van der Waals surface area contributed by atoms with Crippen LogP contribution in [0.4, 0.5) is 0 Å². The minimum absolute atomic E-state index is 0.396. The molecular formula is C12H18O2. The van der Waals surface area contributed by atoms with Crippen LogP contribution in [0, 0.1) is 0 Å². The van der Waals surface area contributed by atoms with Crippen molar-refractivity contribution in [1.29, 1.82) is 0 Å². The van der Waals surface area contributed by atoms with Crippen LogP contribution in [0.25, 0.3) is 0 Å². The maximum atomic E-state index is 10.4. The normalized spacial score (nSPS) is 13.6. The van der Waals surface area contributed by atoms with E-state index in [-0.39, 0.29) is 0 Å². The fourth-order valence-corrected chi connectivity index (χ4v) is 0.970. The van der Waals surface area contributed by atoms with Crippen molar-refractivity contribution in [2.24, 2.45) is 0 Å². The summed E-state index contributed by atoms with van der Waals surface area (Å²) in [6.45, 7) is 5.70. The van der Waals surface area contributed by atoms with Crippen LogP contribution in [0.2, 0.25) is 0 Å². The van der Waals surface area contributed by atoms with Crippen LogP contribution in [0.1, 0.15) is 33.6 Å². The standard InChI is InChI=1S/C12H18O2/c1-4-11(5-2)9-7-6-8-10(3)12(13)14/h4,7-9H,5-6H2,1-3H3,(H,13,14). The number of carboxylic acids is 1. The molecule has 0 saturated heterocycles. The second-order valence-electron chi connectivity index (χ2n) is 3.05. The van der Waals surface area contributed by atoms with E-state index in [1.165, 1.54) is 5.57 Å². The summed E-state index contributed by atoms with van der Waals surface area (Å²) >= 11 is 0. The van der Waals surface area contributed by atoms with E-state index in [0.29, 0.717) is 12.0 Å². The van der Waals surface area contributed by atoms with E-state index < -0.39 is 5.97 Å². The highest BCUT2D eigenvalue weighted by Crippen LogP contribution is 2.03. The van der Waals surface area contributed by atoms with E-state index in [4.69, 9.17) is 5.11 Å². The highest BCUT2D eigenvalue weighted by molar-refractivity contribution is 5.85. The van der Waals surface area contributed by atoms with Crippen LogP contribution in [0.3, 0.4) is 0 Å². The van der Waals surface area contributed by atoms with Crippen molar-refractivity contribution in [3.63, 3.8) is 0 Å². The molecule has 0 aliphatic carbocycles. The van der Waals surface area contributed by atoms with Gasteiger partial charge in [0.15, 0.2) is 0 Å². The summed E-state index contributed by atoms with van der Waals surface area (Å²) in [5.74, 6) is -0.847. The number of hydrogen-bond donors (Lipinski definition) is 1. The lowest BCUT2D eigenvalue weighted by molar-refractivity contribution is -0.132. The first-order valence-electron chi connectivity index (χ1n) is 4.83. The first kappa shape index (κ1) is 12.7. The molecule has 0 aliphatic rings. The number of rotatable bonds is 5. The molecule has 0 saturated carbocycles. The van der Waals surface area contributed by atoms with Gasteiger partial charge >= 0.3 is 5.97 Å². The van der Waals surface area contributed by atoms with Crippen LogP contribution in [0.15, 0.2) is 35.5 Å². The van der Waals surface area contributed by atoms with Gasteiger partial charge in [0.25, 0.3) is 0 Å². The predicted octanol–water partition coefficient (Wildman–Crippen LogP) is 3.32. The summed E-state index contributed by atoms with van der Waals surface area (Å²) in [6, 6.07) is 0. The number of allylic oxidation sites excluding steroid dienone is 5. The third-order valence-electron chi connectivity index (χ3n) is 2.01. The Kier molecular flexibility index (Phi) is 6.46. The summed E-state index contributed by atoms with van der Waals surface area (Å²) < 4.78 is 0. The highest BCUT2D eigenvalue weighted by atomic mass is 16.4. The highest BCUT2D eigenvalue weighted by Gasteiger charge is 1.96. The Morgan fingerprint density at radius 1 is 1.43 bits per heavy atom. The maximum Gasteiger partial charge on any atom is 0.330 e. The van der Waals surface area contributed by atoms with Gasteiger partial charge in [0, 0.05) is 5.57 Å². The summed E-state index contributed by atoms with van der Waals surface area (Å²) in [6.07, 6.45) is 9.47. The Balaban J connectivity index is 4.07. The molecule has 0 fully saturated rings. The first-order chi connectivity index (χ1) is 6.61. The Bertz CT molecular complexity index is 270. The van der Waals surface area contributed by atoms with Gasteiger partial charge in [-0.2, -0.15) is 0 Å². The molecular weight excluding hydrogens is 176 g/mol. The number of hydrogen-bond acceptors (Lipinski definition) is 1. The molecule has 0 aromatic heterocycles. The molecule has 0 amide bonds. The van der Waals surface area contributed by atoms with Gasteiger partial charge in [0.05, 0.1) is 0 Å². The molecule has 0 heterocycles. The molecule has 0 bridgehead atoms. The summed E-state index contributed by atoms with van der Waals surface area (Å²) in [4.78, 5) is 10.4. The summed E-state index contributed by atoms with van der Waals surface area (Å²) in [5, 5.41) is 8.58. The van der Waals surface area contributed by atoms with Crippen molar-refractivity contribution < 1.29 is 9.90 Å². The van der Waals surface area contributed by atoms with Crippen LogP contribution in [0.5, 0.6) is 0 Å². The van der Waals surface area contributed by atoms with Crippen LogP contribution >= 0.6 is 0 Å². The van der Waals surface area contributed by atoms with E-state index in [1.54, 1.807) is 13.0 Å². The van der Waals surface area contributed by atoms with Crippen LogP contribution < -0.4 is 0 Å². The number of carboxylic acid groups (broad SMARTS) is 1. The molecule has 78 valence electrons. The first-order valence-corrected chi connectivity index (χ1v) is 4.83. The fraction of sp³-hybridized carbons (Fsp3) is 0.417. The molecule has 2 nitrogen and oxygen atoms in total. The van der Waals surface area contributed by atoms with Gasteiger partial charge < -0.3 is 5.11 Å². The third kappa shape index (κ3) is 5.36. The maximum absolute atomic E-state index is 10.4. The Morgan fingerprint density at radius 2 is 2.07 bits per heavy atom. The zero-order valence-electron chi connectivity index (χ0n) is 9.08. The lowest BCUT2D eigenvalue weighted by Crippen LogP contribution is -1.94. The van der Waals surface area contributed by atoms with Gasteiger partial charge in [-0.1, -0.05) is 36.8 Å². The van der Waals surface area contributed by atoms with Crippen molar-refractivity contribution in [2.45, 2.75) is 33.6 Å². The van der Waals surface area contributed by atoms with E-state index in [1.807, 2.05) is 19.1 Å². The van der Waals surface area contributed by atoms with E-state index in [2.05, 4.69) is 13.0 Å². The minimum atomic E-state index is -0.847. The van der Waals surface area contributed by atoms with Crippen LogP contribution in [-0.2, 0) is 4.79 Å². The predicted molar refractivity (Wildman–Crippen MR) is 59.2 cm³/mol. The van der Waals surface area contributed by atoms with Gasteiger partial charge in [-0.25, -0.2) is 4.79 Å². The van der Waals surface area contributed by atoms with Gasteiger partial charge in [-0.3, -0.25) is 0 Å². The zero-order valence-corrected chi connectivity index (χ0v) is 9.08. The second kappa shape index (κ2) is 7.13. The SMILES string of the molecule is CC=C(C=CCC=C(C)C(=O)O)CC. The average Bonchev–Trinajstić information content (AvgIpc) is 2.17. The molecule has 0 aromatic carbocycles. The van der Waals surface area contributed by atoms with Crippen LogP contribution in [-0.4, -0.2) is 11.1 Å². The Morgan fingerprint density at radius 3 is 2.50 bits per heavy atom. The molecule has 0 unspecified atom stereocenters. The number of aliphatic carboxylic acids is 1. The van der Waals surface area contributed by atoms with Gasteiger partial charge in [0.2, 0.25) is 0 Å². The molecule has 0 rings (SSSR count). The largest absolute Gasteiger partial charge is 0.478 e. The summed E-state index contributed by atoms with van der Waals surface area (Å²) in [7, 11) is 0.